The summed E-state index contributed by atoms with van der Waals surface area (Å²) in [6.07, 6.45) is 15.3. The molecule has 2 heterocycles. The van der Waals surface area contributed by atoms with E-state index in [1.165, 1.54) is 73.6 Å². The minimum absolute atomic E-state index is 0. The number of pyridine rings is 2. The summed E-state index contributed by atoms with van der Waals surface area (Å²) in [4.78, 5) is 20.8. The molecule has 395 valence electrons. The monoisotopic (exact) mass is 1170 g/mol. The maximum atomic E-state index is 12.9. The van der Waals surface area contributed by atoms with Crippen LogP contribution in [0.5, 0.6) is 0 Å². The largest absolute Gasteiger partial charge is 0.512 e. The Balaban J connectivity index is 0.000000219. The number of carbonyl (C=O) groups excluding carboxylic acids is 1. The van der Waals surface area contributed by atoms with Crippen molar-refractivity contribution in [1.29, 1.82) is 0 Å². The smallest absolute Gasteiger partial charge is 0.246 e. The van der Waals surface area contributed by atoms with Gasteiger partial charge in [-0.25, -0.2) is 8.78 Å². The van der Waals surface area contributed by atoms with Crippen LogP contribution in [0.2, 0.25) is 0 Å². The first-order chi connectivity index (χ1) is 35.7. The summed E-state index contributed by atoms with van der Waals surface area (Å²) in [6.45, 7) is 23.7. The van der Waals surface area contributed by atoms with Crippen molar-refractivity contribution in [1.82, 2.24) is 9.97 Å². The molecule has 0 saturated heterocycles. The number of allylic oxidation sites excluding steroid dienone is 2. The maximum absolute atomic E-state index is 12.9. The van der Waals surface area contributed by atoms with Gasteiger partial charge in [0.2, 0.25) is 5.92 Å². The SMILES string of the molecule is CCC(CC)C(=O)/C=C(\O)C(CC)CC(C)(F)F.[2H]c1nc(-c2[c-]c(C)cc(C(C)(C)C)c2)c2ccc(CC3CCCC3)cc2c1[2H].[2H]c1nc(-c2[c-]c(C)cc(C(C)(C)C)c2)c2ccc(CC3CCCC3)cc2c1[2H].[Ir]. The first-order valence-electron chi connectivity index (χ1n) is 28.9. The molecule has 2 aliphatic carbocycles. The number of aromatic nitrogens is 2. The van der Waals surface area contributed by atoms with Crippen LogP contribution in [-0.2, 0) is 48.6 Å². The molecular formula is C66H84F2IrN2O2-2. The van der Waals surface area contributed by atoms with Gasteiger partial charge < -0.3 is 15.1 Å². The molecule has 4 nitrogen and oxygen atoms in total. The molecule has 0 amide bonds. The number of aliphatic hydroxyl groups excluding tert-OH is 1. The number of benzene rings is 4. The zero-order chi connectivity index (χ0) is 55.9. The van der Waals surface area contributed by atoms with Crippen molar-refractivity contribution >= 4 is 27.3 Å². The predicted molar refractivity (Wildman–Crippen MR) is 299 cm³/mol. The van der Waals surface area contributed by atoms with E-state index in [9.17, 15) is 18.7 Å². The van der Waals surface area contributed by atoms with Gasteiger partial charge >= 0.3 is 0 Å². The number of alkyl halides is 2. The molecule has 6 aromatic rings. The van der Waals surface area contributed by atoms with E-state index in [0.717, 1.165) is 92.9 Å². The van der Waals surface area contributed by atoms with Gasteiger partial charge in [0.15, 0.2) is 5.78 Å². The van der Waals surface area contributed by atoms with Gasteiger partial charge in [-0.3, -0.25) is 4.79 Å². The molecule has 8 rings (SSSR count). The van der Waals surface area contributed by atoms with Gasteiger partial charge in [-0.2, -0.15) is 0 Å². The van der Waals surface area contributed by atoms with E-state index in [1.54, 1.807) is 6.92 Å². The number of nitrogens with zero attached hydrogens (tertiary/aromatic N) is 2. The number of rotatable bonds is 14. The van der Waals surface area contributed by atoms with Crippen LogP contribution >= 0.6 is 0 Å². The Morgan fingerprint density at radius 2 is 1.07 bits per heavy atom. The molecule has 2 fully saturated rings. The molecule has 2 saturated carbocycles. The van der Waals surface area contributed by atoms with Crippen LogP contribution in [0.3, 0.4) is 0 Å². The maximum Gasteiger partial charge on any atom is 0.246 e. The van der Waals surface area contributed by atoms with Gasteiger partial charge in [-0.05, 0) is 118 Å². The summed E-state index contributed by atoms with van der Waals surface area (Å²) >= 11 is 0. The molecule has 1 radical (unpaired) electrons. The second-order valence-corrected chi connectivity index (χ2v) is 23.2. The van der Waals surface area contributed by atoms with Gasteiger partial charge in [-0.1, -0.05) is 164 Å². The summed E-state index contributed by atoms with van der Waals surface area (Å²) in [6, 6.07) is 28.8. The third kappa shape index (κ3) is 17.0. The summed E-state index contributed by atoms with van der Waals surface area (Å²) < 4.78 is 59.4. The van der Waals surface area contributed by atoms with Crippen molar-refractivity contribution in [2.45, 2.75) is 190 Å². The molecule has 0 aliphatic heterocycles. The summed E-state index contributed by atoms with van der Waals surface area (Å²) in [7, 11) is 0. The Bertz CT molecular complexity index is 2840. The van der Waals surface area contributed by atoms with Crippen molar-refractivity contribution in [2.75, 3.05) is 0 Å². The molecule has 2 aliphatic rings. The summed E-state index contributed by atoms with van der Waals surface area (Å²) in [5, 5.41) is 13.4. The summed E-state index contributed by atoms with van der Waals surface area (Å²) in [5.74, 6) is -2.47. The Labute approximate surface area is 457 Å². The average molecular weight is 1170 g/mol. The van der Waals surface area contributed by atoms with Gasteiger partial charge in [0.1, 0.15) is 0 Å². The van der Waals surface area contributed by atoms with Crippen molar-refractivity contribution < 1.29 is 44.3 Å². The molecule has 4 aromatic carbocycles. The van der Waals surface area contributed by atoms with Crippen LogP contribution in [-0.4, -0.2) is 26.8 Å². The van der Waals surface area contributed by atoms with Gasteiger partial charge in [-0.15, -0.1) is 69.8 Å². The molecule has 73 heavy (non-hydrogen) atoms. The van der Waals surface area contributed by atoms with Crippen LogP contribution in [0.4, 0.5) is 8.78 Å². The molecule has 7 heteroatoms. The number of carbonyl (C=O) groups is 1. The molecule has 1 N–H and O–H groups in total. The topological polar surface area (TPSA) is 63.1 Å². The fraction of sp³-hybridized carbons (Fsp3) is 0.500. The van der Waals surface area contributed by atoms with Crippen molar-refractivity contribution in [3.8, 4) is 22.5 Å². The van der Waals surface area contributed by atoms with Crippen molar-refractivity contribution in [2.24, 2.45) is 23.7 Å². The fourth-order valence-electron chi connectivity index (χ4n) is 10.5. The standard InChI is InChI=1S/2C26H30N.C14H24F2O2.Ir/c2*1-18-13-22(17-23(14-18)26(2,3)4)25-24-10-9-20(15-19-7-5-6-8-19)16-21(24)11-12-27-25;1-5-10(6-2)12(17)8-13(18)11(7-3)9-14(4,15)16;/h2*9-12,14,16-17,19H,5-8,15H2,1-4H3;8,10-11,18H,5-7,9H2,1-4H3;/q2*-1;;/b;;13-8-;/i2*11D,12D;;. The second kappa shape index (κ2) is 26.3. The van der Waals surface area contributed by atoms with Crippen LogP contribution in [0.25, 0.3) is 44.1 Å². The van der Waals surface area contributed by atoms with E-state index in [2.05, 4.69) is 138 Å². The fourth-order valence-corrected chi connectivity index (χ4v) is 10.5. The van der Waals surface area contributed by atoms with Crippen LogP contribution < -0.4 is 0 Å². The number of ketones is 1. The van der Waals surface area contributed by atoms with Crippen LogP contribution in [0, 0.1) is 49.7 Å². The Kier molecular flexibility index (Phi) is 19.2. The number of halogens is 2. The Morgan fingerprint density at radius 1 is 0.671 bits per heavy atom. The average Bonchev–Trinajstić information content (AvgIpc) is 4.08. The molecule has 1 unspecified atom stereocenters. The van der Waals surface area contributed by atoms with Gasteiger partial charge in [0, 0.05) is 56.8 Å². The minimum Gasteiger partial charge on any atom is -0.512 e. The zero-order valence-corrected chi connectivity index (χ0v) is 48.3. The Hall–Kier alpha value is -4.58. The number of hydrogen-bond donors (Lipinski definition) is 1. The quantitative estimate of drug-likeness (QED) is 0.0671. The third-order valence-electron chi connectivity index (χ3n) is 14.8. The van der Waals surface area contributed by atoms with E-state index >= 15 is 0 Å². The van der Waals surface area contributed by atoms with Crippen molar-refractivity contribution in [3.05, 3.63) is 142 Å². The van der Waals surface area contributed by atoms with E-state index in [4.69, 9.17) is 5.48 Å². The Morgan fingerprint density at radius 3 is 1.42 bits per heavy atom. The zero-order valence-electron chi connectivity index (χ0n) is 49.9. The van der Waals surface area contributed by atoms with Crippen LogP contribution in [0.1, 0.15) is 185 Å². The van der Waals surface area contributed by atoms with Crippen LogP contribution in [0.15, 0.2) is 96.9 Å². The minimum atomic E-state index is -2.83. The molecule has 2 aromatic heterocycles. The number of aliphatic hydroxyl groups is 1. The van der Waals surface area contributed by atoms with E-state index in [-0.39, 0.29) is 72.8 Å². The molecule has 1 atom stereocenters. The normalized spacial score (nSPS) is 16.0. The first-order valence-corrected chi connectivity index (χ1v) is 26.9. The first kappa shape index (κ1) is 53.3. The second-order valence-electron chi connectivity index (χ2n) is 23.2. The van der Waals surface area contributed by atoms with Gasteiger partial charge in [0.05, 0.1) is 11.2 Å². The van der Waals surface area contributed by atoms with E-state index in [0.29, 0.717) is 19.3 Å². The van der Waals surface area contributed by atoms with E-state index in [1.807, 2.05) is 13.8 Å². The molecule has 0 spiro atoms. The summed E-state index contributed by atoms with van der Waals surface area (Å²) in [5.41, 5.74) is 10.6. The number of aryl methyl sites for hydroxylation is 2. The van der Waals surface area contributed by atoms with Crippen molar-refractivity contribution in [3.63, 3.8) is 0 Å². The van der Waals surface area contributed by atoms with Gasteiger partial charge in [0.25, 0.3) is 0 Å². The predicted octanol–water partition coefficient (Wildman–Crippen LogP) is 18.6. The number of fused-ring (bicyclic) bond motifs is 2. The van der Waals surface area contributed by atoms with E-state index < -0.39 is 18.3 Å². The molecule has 0 bridgehead atoms. The third-order valence-corrected chi connectivity index (χ3v) is 14.8. The number of hydrogen-bond acceptors (Lipinski definition) is 4. The molecular weight excluding hydrogens is 1080 g/mol.